The molecule has 0 bridgehead atoms. The zero-order chi connectivity index (χ0) is 15.0. The first kappa shape index (κ1) is 17.5. The van der Waals surface area contributed by atoms with Crippen LogP contribution in [0.1, 0.15) is 66.2 Å². The minimum absolute atomic E-state index is 0.0665. The molecule has 0 radical (unpaired) electrons. The number of hydrogen-bond acceptors (Lipinski definition) is 2. The smallest absolute Gasteiger partial charge is 0.239 e. The van der Waals surface area contributed by atoms with Gasteiger partial charge in [-0.3, -0.25) is 4.79 Å². The first-order valence-corrected chi connectivity index (χ1v) is 8.53. The lowest BCUT2D eigenvalue weighted by Crippen LogP contribution is -2.47. The molecule has 1 rings (SSSR count). The highest BCUT2D eigenvalue weighted by Crippen LogP contribution is 2.13. The maximum absolute atomic E-state index is 12.7. The van der Waals surface area contributed by atoms with Crippen molar-refractivity contribution in [2.75, 3.05) is 19.6 Å². The molecule has 3 nitrogen and oxygen atoms in total. The van der Waals surface area contributed by atoms with Crippen LogP contribution in [0.2, 0.25) is 0 Å². The first-order chi connectivity index (χ1) is 9.50. The van der Waals surface area contributed by atoms with Gasteiger partial charge in [-0.05, 0) is 44.1 Å². The summed E-state index contributed by atoms with van der Waals surface area (Å²) in [6.07, 6.45) is 6.88. The third kappa shape index (κ3) is 6.74. The molecule has 0 spiro atoms. The predicted molar refractivity (Wildman–Crippen MR) is 85.7 cm³/mol. The van der Waals surface area contributed by atoms with Gasteiger partial charge in [0, 0.05) is 13.1 Å². The lowest BCUT2D eigenvalue weighted by atomic mass is 10.1. The van der Waals surface area contributed by atoms with Crippen LogP contribution in [-0.4, -0.2) is 36.5 Å². The van der Waals surface area contributed by atoms with E-state index in [1.54, 1.807) is 0 Å². The number of amides is 1. The van der Waals surface area contributed by atoms with Crippen LogP contribution >= 0.6 is 0 Å². The third-order valence-corrected chi connectivity index (χ3v) is 4.12. The molecule has 118 valence electrons. The molecule has 3 heteroatoms. The minimum atomic E-state index is 0.0665. The second kappa shape index (κ2) is 9.38. The van der Waals surface area contributed by atoms with Gasteiger partial charge in [-0.2, -0.15) is 0 Å². The van der Waals surface area contributed by atoms with Crippen LogP contribution in [0.4, 0.5) is 0 Å². The number of nitrogens with zero attached hydrogens (tertiary/aromatic N) is 1. The predicted octanol–water partition coefficient (Wildman–Crippen LogP) is 3.44. The lowest BCUT2D eigenvalue weighted by molar-refractivity contribution is -0.134. The van der Waals surface area contributed by atoms with Gasteiger partial charge in [-0.15, -0.1) is 0 Å². The Morgan fingerprint density at radius 1 is 1.05 bits per heavy atom. The summed E-state index contributed by atoms with van der Waals surface area (Å²) in [7, 11) is 0. The van der Waals surface area contributed by atoms with Crippen LogP contribution in [0.3, 0.4) is 0 Å². The highest BCUT2D eigenvalue weighted by Gasteiger charge is 2.24. The van der Waals surface area contributed by atoms with Crippen LogP contribution in [0.5, 0.6) is 0 Å². The molecule has 1 N–H and O–H groups in total. The average molecular weight is 282 g/mol. The summed E-state index contributed by atoms with van der Waals surface area (Å²) in [6, 6.07) is 0.0665. The minimum Gasteiger partial charge on any atom is -0.341 e. The third-order valence-electron chi connectivity index (χ3n) is 4.12. The SMILES string of the molecule is CC(C)CCN(CCC(C)C)C(=O)C1CCCCCN1. The van der Waals surface area contributed by atoms with E-state index in [0.29, 0.717) is 17.7 Å². The van der Waals surface area contributed by atoms with Gasteiger partial charge in [-0.25, -0.2) is 0 Å². The molecule has 0 aromatic heterocycles. The maximum atomic E-state index is 12.7. The van der Waals surface area contributed by atoms with Crippen molar-refractivity contribution in [1.82, 2.24) is 10.2 Å². The van der Waals surface area contributed by atoms with Gasteiger partial charge in [-0.1, -0.05) is 40.5 Å². The van der Waals surface area contributed by atoms with E-state index in [4.69, 9.17) is 0 Å². The highest BCUT2D eigenvalue weighted by atomic mass is 16.2. The van der Waals surface area contributed by atoms with Gasteiger partial charge in [0.2, 0.25) is 5.91 Å². The molecular formula is C17H34N2O. The Morgan fingerprint density at radius 2 is 1.65 bits per heavy atom. The van der Waals surface area contributed by atoms with Gasteiger partial charge >= 0.3 is 0 Å². The van der Waals surface area contributed by atoms with Gasteiger partial charge in [0.1, 0.15) is 0 Å². The Hall–Kier alpha value is -0.570. The van der Waals surface area contributed by atoms with Gasteiger partial charge < -0.3 is 10.2 Å². The fraction of sp³-hybridized carbons (Fsp3) is 0.941. The fourth-order valence-electron chi connectivity index (χ4n) is 2.62. The first-order valence-electron chi connectivity index (χ1n) is 8.53. The summed E-state index contributed by atoms with van der Waals surface area (Å²) in [5.74, 6) is 1.66. The van der Waals surface area contributed by atoms with Crippen LogP contribution in [-0.2, 0) is 4.79 Å². The summed E-state index contributed by atoms with van der Waals surface area (Å²) >= 11 is 0. The Bertz CT molecular complexity index is 256. The molecule has 0 aliphatic carbocycles. The normalized spacial score (nSPS) is 20.2. The molecule has 1 fully saturated rings. The number of rotatable bonds is 7. The monoisotopic (exact) mass is 282 g/mol. The second-order valence-electron chi connectivity index (χ2n) is 7.05. The Labute approximate surface area is 125 Å². The van der Waals surface area contributed by atoms with E-state index in [-0.39, 0.29) is 6.04 Å². The topological polar surface area (TPSA) is 32.3 Å². The molecule has 1 heterocycles. The van der Waals surface area contributed by atoms with Crippen molar-refractivity contribution in [3.8, 4) is 0 Å². The summed E-state index contributed by atoms with van der Waals surface area (Å²) in [6.45, 7) is 11.8. The van der Waals surface area contributed by atoms with Gasteiger partial charge in [0.25, 0.3) is 0 Å². The number of carbonyl (C=O) groups excluding carboxylic acids is 1. The van der Waals surface area contributed by atoms with Crippen molar-refractivity contribution in [3.63, 3.8) is 0 Å². The molecular weight excluding hydrogens is 248 g/mol. The lowest BCUT2D eigenvalue weighted by Gasteiger charge is -2.28. The van der Waals surface area contributed by atoms with Crippen LogP contribution in [0, 0.1) is 11.8 Å². The number of nitrogens with one attached hydrogen (secondary N) is 1. The largest absolute Gasteiger partial charge is 0.341 e. The summed E-state index contributed by atoms with van der Waals surface area (Å²) in [5.41, 5.74) is 0. The van der Waals surface area contributed by atoms with E-state index in [1.165, 1.54) is 19.3 Å². The molecule has 1 unspecified atom stereocenters. The van der Waals surface area contributed by atoms with Crippen LogP contribution in [0.15, 0.2) is 0 Å². The zero-order valence-corrected chi connectivity index (χ0v) is 14.0. The molecule has 0 aromatic rings. The second-order valence-corrected chi connectivity index (χ2v) is 7.05. The van der Waals surface area contributed by atoms with E-state index in [0.717, 1.165) is 38.9 Å². The summed E-state index contributed by atoms with van der Waals surface area (Å²) < 4.78 is 0. The van der Waals surface area contributed by atoms with Crippen molar-refractivity contribution in [1.29, 1.82) is 0 Å². The van der Waals surface area contributed by atoms with Gasteiger partial charge in [0.05, 0.1) is 6.04 Å². The van der Waals surface area contributed by atoms with Crippen molar-refractivity contribution < 1.29 is 4.79 Å². The summed E-state index contributed by atoms with van der Waals surface area (Å²) in [5, 5.41) is 3.45. The van der Waals surface area contributed by atoms with E-state index < -0.39 is 0 Å². The zero-order valence-electron chi connectivity index (χ0n) is 14.0. The van der Waals surface area contributed by atoms with Crippen molar-refractivity contribution >= 4 is 5.91 Å². The molecule has 0 saturated carbocycles. The van der Waals surface area contributed by atoms with Crippen molar-refractivity contribution in [2.45, 2.75) is 72.3 Å². The maximum Gasteiger partial charge on any atom is 0.239 e. The Morgan fingerprint density at radius 3 is 2.20 bits per heavy atom. The van der Waals surface area contributed by atoms with Gasteiger partial charge in [0.15, 0.2) is 0 Å². The molecule has 1 saturated heterocycles. The van der Waals surface area contributed by atoms with E-state index in [2.05, 4.69) is 37.9 Å². The molecule has 0 aromatic carbocycles. The highest BCUT2D eigenvalue weighted by molar-refractivity contribution is 5.81. The van der Waals surface area contributed by atoms with E-state index >= 15 is 0 Å². The standard InChI is InChI=1S/C17H34N2O/c1-14(2)9-12-19(13-10-15(3)4)17(20)16-8-6-5-7-11-18-16/h14-16,18H,5-13H2,1-4H3. The molecule has 20 heavy (non-hydrogen) atoms. The van der Waals surface area contributed by atoms with E-state index in [1.807, 2.05) is 0 Å². The Kier molecular flexibility index (Phi) is 8.20. The number of carbonyl (C=O) groups is 1. The fourth-order valence-corrected chi connectivity index (χ4v) is 2.62. The van der Waals surface area contributed by atoms with Crippen LogP contribution in [0.25, 0.3) is 0 Å². The molecule has 1 aliphatic heterocycles. The van der Waals surface area contributed by atoms with E-state index in [9.17, 15) is 4.79 Å². The van der Waals surface area contributed by atoms with Crippen molar-refractivity contribution in [2.24, 2.45) is 11.8 Å². The number of hydrogen-bond donors (Lipinski definition) is 1. The molecule has 1 amide bonds. The molecule has 1 atom stereocenters. The van der Waals surface area contributed by atoms with Crippen LogP contribution < -0.4 is 5.32 Å². The average Bonchev–Trinajstić information content (AvgIpc) is 2.66. The van der Waals surface area contributed by atoms with Crippen molar-refractivity contribution in [3.05, 3.63) is 0 Å². The summed E-state index contributed by atoms with van der Waals surface area (Å²) in [4.78, 5) is 14.9. The quantitative estimate of drug-likeness (QED) is 0.776. The Balaban J connectivity index is 2.55. The molecule has 1 aliphatic rings.